The second-order valence-corrected chi connectivity index (χ2v) is 2.41. The lowest BCUT2D eigenvalue weighted by Crippen LogP contribution is -1.90. The fraction of sp³-hybridized carbons (Fsp3) is 0.143. The second-order valence-electron chi connectivity index (χ2n) is 2.00. The zero-order chi connectivity index (χ0) is 9.14. The second kappa shape index (κ2) is 3.46. The summed E-state index contributed by atoms with van der Waals surface area (Å²) in [5, 5.41) is 8.21. The summed E-state index contributed by atoms with van der Waals surface area (Å²) in [4.78, 5) is 3.51. The molecule has 2 nitrogen and oxygen atoms in total. The summed E-state index contributed by atoms with van der Waals surface area (Å²) in [6, 6.07) is 2.63. The zero-order valence-corrected chi connectivity index (χ0v) is 6.52. The Morgan fingerprint density at radius 3 is 2.75 bits per heavy atom. The van der Waals surface area contributed by atoms with Gasteiger partial charge in [-0.3, -0.25) is 0 Å². The van der Waals surface area contributed by atoms with Gasteiger partial charge in [-0.1, -0.05) is 11.6 Å². The highest BCUT2D eigenvalue weighted by molar-refractivity contribution is 6.31. The van der Waals surface area contributed by atoms with Crippen LogP contribution in [0.1, 0.15) is 17.7 Å². The molecule has 0 saturated heterocycles. The van der Waals surface area contributed by atoms with Crippen molar-refractivity contribution in [2.24, 2.45) is 0 Å². The summed E-state index contributed by atoms with van der Waals surface area (Å²) in [6.45, 7) is 0. The first kappa shape index (κ1) is 8.88. The van der Waals surface area contributed by atoms with Gasteiger partial charge in [0, 0.05) is 11.8 Å². The average molecular weight is 189 g/mol. The van der Waals surface area contributed by atoms with Crippen LogP contribution >= 0.6 is 11.6 Å². The first-order valence-electron chi connectivity index (χ1n) is 2.99. The lowest BCUT2D eigenvalue weighted by Gasteiger charge is -2.00. The number of pyridine rings is 1. The maximum absolute atomic E-state index is 12.1. The van der Waals surface area contributed by atoms with E-state index in [9.17, 15) is 8.78 Å². The van der Waals surface area contributed by atoms with E-state index in [0.717, 1.165) is 12.3 Å². The molecule has 0 N–H and O–H groups in total. The summed E-state index contributed by atoms with van der Waals surface area (Å²) in [7, 11) is 0. The molecule has 1 aromatic rings. The predicted molar refractivity (Wildman–Crippen MR) is 38.9 cm³/mol. The Balaban J connectivity index is 3.19. The average Bonchev–Trinajstić information content (AvgIpc) is 2.05. The van der Waals surface area contributed by atoms with Gasteiger partial charge in [0.15, 0.2) is 0 Å². The fourth-order valence-corrected chi connectivity index (χ4v) is 0.868. The Hall–Kier alpha value is -1.21. The van der Waals surface area contributed by atoms with Crippen molar-refractivity contribution < 1.29 is 8.78 Å². The highest BCUT2D eigenvalue weighted by atomic mass is 35.5. The molecule has 1 heterocycles. The van der Waals surface area contributed by atoms with Crippen LogP contribution < -0.4 is 0 Å². The van der Waals surface area contributed by atoms with E-state index < -0.39 is 6.43 Å². The number of nitrogens with zero attached hydrogens (tertiary/aromatic N) is 2. The van der Waals surface area contributed by atoms with Crippen molar-refractivity contribution in [2.45, 2.75) is 6.43 Å². The van der Waals surface area contributed by atoms with Crippen molar-refractivity contribution in [2.75, 3.05) is 0 Å². The van der Waals surface area contributed by atoms with Crippen LogP contribution in [0.4, 0.5) is 8.78 Å². The van der Waals surface area contributed by atoms with Crippen molar-refractivity contribution in [3.8, 4) is 6.07 Å². The van der Waals surface area contributed by atoms with E-state index in [1.54, 1.807) is 6.07 Å². The number of rotatable bonds is 1. The molecule has 0 aliphatic heterocycles. The number of nitriles is 1. The van der Waals surface area contributed by atoms with Crippen LogP contribution in [0.5, 0.6) is 0 Å². The summed E-state index contributed by atoms with van der Waals surface area (Å²) < 4.78 is 24.2. The van der Waals surface area contributed by atoms with E-state index in [0.29, 0.717) is 0 Å². The molecule has 0 radical (unpaired) electrons. The van der Waals surface area contributed by atoms with Crippen molar-refractivity contribution in [1.82, 2.24) is 4.98 Å². The molecule has 12 heavy (non-hydrogen) atoms. The maximum Gasteiger partial charge on any atom is 0.265 e. The van der Waals surface area contributed by atoms with Gasteiger partial charge in [0.1, 0.15) is 11.8 Å². The predicted octanol–water partition coefficient (Wildman–Crippen LogP) is 2.54. The zero-order valence-electron chi connectivity index (χ0n) is 5.76. The number of halogens is 3. The van der Waals surface area contributed by atoms with Gasteiger partial charge < -0.3 is 0 Å². The summed E-state index contributed by atoms with van der Waals surface area (Å²) in [5.74, 6) is 0. The molecule has 1 rings (SSSR count). The van der Waals surface area contributed by atoms with E-state index in [-0.39, 0.29) is 16.3 Å². The largest absolute Gasteiger partial charge is 0.265 e. The molecule has 62 valence electrons. The molecule has 0 aliphatic carbocycles. The van der Waals surface area contributed by atoms with Gasteiger partial charge in [-0.25, -0.2) is 13.8 Å². The molecule has 0 spiro atoms. The molecule has 0 amide bonds. The van der Waals surface area contributed by atoms with Crippen molar-refractivity contribution in [3.05, 3.63) is 28.5 Å². The fourth-order valence-electron chi connectivity index (χ4n) is 0.683. The van der Waals surface area contributed by atoms with Crippen LogP contribution in [0.15, 0.2) is 12.3 Å². The Bertz CT molecular complexity index is 333. The highest BCUT2D eigenvalue weighted by Gasteiger charge is 2.12. The molecule has 0 aliphatic rings. The lowest BCUT2D eigenvalue weighted by molar-refractivity contribution is 0.151. The molecule has 5 heteroatoms. The van der Waals surface area contributed by atoms with E-state index in [4.69, 9.17) is 16.9 Å². The lowest BCUT2D eigenvalue weighted by atomic mass is 10.2. The van der Waals surface area contributed by atoms with Gasteiger partial charge in [0.2, 0.25) is 0 Å². The first-order valence-corrected chi connectivity index (χ1v) is 3.36. The van der Waals surface area contributed by atoms with Crippen LogP contribution in [-0.2, 0) is 0 Å². The molecule has 0 fully saturated rings. The minimum Gasteiger partial charge on any atom is -0.244 e. The minimum atomic E-state index is -2.67. The number of aromatic nitrogens is 1. The van der Waals surface area contributed by atoms with E-state index in [1.807, 2.05) is 0 Å². The SMILES string of the molecule is N#Cc1cc(C(F)F)c(Cl)cn1. The van der Waals surface area contributed by atoms with Crippen LogP contribution in [0.25, 0.3) is 0 Å². The Morgan fingerprint density at radius 2 is 2.25 bits per heavy atom. The van der Waals surface area contributed by atoms with E-state index >= 15 is 0 Å². The van der Waals surface area contributed by atoms with Gasteiger partial charge in [-0.05, 0) is 6.07 Å². The van der Waals surface area contributed by atoms with Crippen molar-refractivity contribution in [3.63, 3.8) is 0 Å². The van der Waals surface area contributed by atoms with Crippen LogP contribution in [-0.4, -0.2) is 4.98 Å². The smallest absolute Gasteiger partial charge is 0.244 e. The van der Waals surface area contributed by atoms with Gasteiger partial charge in [-0.15, -0.1) is 0 Å². The summed E-state index contributed by atoms with van der Waals surface area (Å²) in [5.41, 5.74) is -0.419. The molecule has 0 aromatic carbocycles. The molecule has 0 atom stereocenters. The minimum absolute atomic E-state index is 0.0605. The van der Waals surface area contributed by atoms with Crippen molar-refractivity contribution >= 4 is 11.6 Å². The maximum atomic E-state index is 12.1. The molecule has 0 bridgehead atoms. The van der Waals surface area contributed by atoms with Crippen LogP contribution in [0, 0.1) is 11.3 Å². The van der Waals surface area contributed by atoms with Crippen LogP contribution in [0.2, 0.25) is 5.02 Å². The van der Waals surface area contributed by atoms with Gasteiger partial charge in [-0.2, -0.15) is 5.26 Å². The normalized spacial score (nSPS) is 9.92. The Labute approximate surface area is 72.4 Å². The molecule has 0 saturated carbocycles. The third kappa shape index (κ3) is 1.69. The van der Waals surface area contributed by atoms with Crippen LogP contribution in [0.3, 0.4) is 0 Å². The first-order chi connectivity index (χ1) is 5.65. The molecule has 1 aromatic heterocycles. The topological polar surface area (TPSA) is 36.7 Å². The number of alkyl halides is 2. The van der Waals surface area contributed by atoms with Gasteiger partial charge in [0.25, 0.3) is 6.43 Å². The summed E-state index contributed by atoms with van der Waals surface area (Å²) in [6.07, 6.45) is -1.63. The molecular weight excluding hydrogens is 186 g/mol. The number of hydrogen-bond donors (Lipinski definition) is 0. The third-order valence-electron chi connectivity index (χ3n) is 1.23. The molecular formula is C7H3ClF2N2. The number of hydrogen-bond acceptors (Lipinski definition) is 2. The Morgan fingerprint density at radius 1 is 1.58 bits per heavy atom. The van der Waals surface area contributed by atoms with Gasteiger partial charge >= 0.3 is 0 Å². The highest BCUT2D eigenvalue weighted by Crippen LogP contribution is 2.26. The quantitative estimate of drug-likeness (QED) is 0.679. The van der Waals surface area contributed by atoms with Crippen molar-refractivity contribution in [1.29, 1.82) is 5.26 Å². The Kier molecular flexibility index (Phi) is 2.56. The van der Waals surface area contributed by atoms with E-state index in [2.05, 4.69) is 4.98 Å². The van der Waals surface area contributed by atoms with E-state index in [1.165, 1.54) is 0 Å². The standard InChI is InChI=1S/C7H3ClF2N2/c8-6-3-12-4(2-11)1-5(6)7(9)10/h1,3,7H. The molecule has 0 unspecified atom stereocenters. The third-order valence-corrected chi connectivity index (χ3v) is 1.55. The van der Waals surface area contributed by atoms with Gasteiger partial charge in [0.05, 0.1) is 5.02 Å². The monoisotopic (exact) mass is 188 g/mol. The summed E-state index contributed by atoms with van der Waals surface area (Å²) >= 11 is 5.40.